The van der Waals surface area contributed by atoms with Gasteiger partial charge in [-0.05, 0) is 55.0 Å². The molecule has 0 heterocycles. The highest BCUT2D eigenvalue weighted by atomic mass is 16.5. The van der Waals surface area contributed by atoms with Gasteiger partial charge >= 0.3 is 0 Å². The van der Waals surface area contributed by atoms with E-state index in [1.54, 1.807) is 24.3 Å². The van der Waals surface area contributed by atoms with Crippen LogP contribution in [0.1, 0.15) is 71.1 Å². The Kier molecular flexibility index (Phi) is 13.9. The van der Waals surface area contributed by atoms with Crippen LogP contribution in [0.2, 0.25) is 0 Å². The Morgan fingerprint density at radius 3 is 1.61 bits per heavy atom. The predicted molar refractivity (Wildman–Crippen MR) is 133 cm³/mol. The Morgan fingerprint density at radius 2 is 1.12 bits per heavy atom. The van der Waals surface area contributed by atoms with Crippen molar-refractivity contribution in [3.05, 3.63) is 48.5 Å². The summed E-state index contributed by atoms with van der Waals surface area (Å²) in [6, 6.07) is 14.7. The van der Waals surface area contributed by atoms with Crippen LogP contribution in [-0.2, 0) is 0 Å². The first-order valence-corrected chi connectivity index (χ1v) is 12.4. The van der Waals surface area contributed by atoms with E-state index in [4.69, 9.17) is 14.6 Å². The fraction of sp³-hybridized carbons (Fsp3) is 0.556. The maximum Gasteiger partial charge on any atom is 0.119 e. The molecule has 2 rings (SSSR count). The first kappa shape index (κ1) is 26.8. The summed E-state index contributed by atoms with van der Waals surface area (Å²) in [5, 5.41) is 26.6. The molecule has 0 bridgehead atoms. The van der Waals surface area contributed by atoms with Gasteiger partial charge in [0.15, 0.2) is 0 Å². The van der Waals surface area contributed by atoms with Crippen molar-refractivity contribution in [2.24, 2.45) is 10.2 Å². The number of aliphatic hydroxyl groups is 2. The molecule has 1 atom stereocenters. The van der Waals surface area contributed by atoms with E-state index in [1.807, 2.05) is 24.3 Å². The molecule has 0 aliphatic carbocycles. The van der Waals surface area contributed by atoms with Crippen LogP contribution in [-0.4, -0.2) is 36.1 Å². The molecule has 0 radical (unpaired) electrons. The van der Waals surface area contributed by atoms with E-state index < -0.39 is 6.10 Å². The predicted octanol–water partition coefficient (Wildman–Crippen LogP) is 7.13. The Balaban J connectivity index is 1.59. The molecule has 2 aromatic carbocycles. The first-order chi connectivity index (χ1) is 16.2. The monoisotopic (exact) mass is 456 g/mol. The molecule has 0 aliphatic heterocycles. The van der Waals surface area contributed by atoms with Gasteiger partial charge < -0.3 is 19.7 Å². The molecule has 0 saturated carbocycles. The van der Waals surface area contributed by atoms with Crippen LogP contribution in [0.4, 0.5) is 11.4 Å². The van der Waals surface area contributed by atoms with Crippen LogP contribution in [0.5, 0.6) is 11.5 Å². The Bertz CT molecular complexity index is 763. The van der Waals surface area contributed by atoms with Crippen LogP contribution >= 0.6 is 0 Å². The minimum absolute atomic E-state index is 0.0466. The zero-order valence-electron chi connectivity index (χ0n) is 20.0. The highest BCUT2D eigenvalue weighted by Crippen LogP contribution is 2.23. The van der Waals surface area contributed by atoms with Gasteiger partial charge in [0.05, 0.1) is 24.6 Å². The van der Waals surface area contributed by atoms with Gasteiger partial charge in [0.25, 0.3) is 0 Å². The highest BCUT2D eigenvalue weighted by molar-refractivity contribution is 5.44. The molecule has 0 aliphatic rings. The van der Waals surface area contributed by atoms with Crippen molar-refractivity contribution in [1.29, 1.82) is 0 Å². The number of ether oxygens (including phenoxy) is 2. The second-order valence-corrected chi connectivity index (χ2v) is 8.37. The third-order valence-corrected chi connectivity index (χ3v) is 5.37. The Hall–Kier alpha value is -2.44. The van der Waals surface area contributed by atoms with Crippen LogP contribution in [0.25, 0.3) is 0 Å². The lowest BCUT2D eigenvalue weighted by atomic mass is 10.1. The van der Waals surface area contributed by atoms with E-state index in [9.17, 15) is 5.11 Å². The van der Waals surface area contributed by atoms with Crippen LogP contribution in [0, 0.1) is 0 Å². The van der Waals surface area contributed by atoms with E-state index in [2.05, 4.69) is 17.2 Å². The molecule has 0 saturated heterocycles. The molecular formula is C27H40N2O4. The quantitative estimate of drug-likeness (QED) is 0.184. The fourth-order valence-corrected chi connectivity index (χ4v) is 3.36. The van der Waals surface area contributed by atoms with Gasteiger partial charge in [-0.3, -0.25) is 0 Å². The number of unbranched alkanes of at least 4 members (excludes halogenated alkanes) is 9. The third kappa shape index (κ3) is 12.4. The summed E-state index contributed by atoms with van der Waals surface area (Å²) in [5.41, 5.74) is 1.46. The first-order valence-electron chi connectivity index (χ1n) is 12.4. The number of rotatable bonds is 18. The minimum atomic E-state index is -0.883. The lowest BCUT2D eigenvalue weighted by Gasteiger charge is -2.09. The molecule has 6 nitrogen and oxygen atoms in total. The number of nitrogens with zero attached hydrogens (tertiary/aromatic N) is 2. The van der Waals surface area contributed by atoms with Gasteiger partial charge in [0.2, 0.25) is 0 Å². The van der Waals surface area contributed by atoms with Crippen molar-refractivity contribution in [1.82, 2.24) is 0 Å². The molecule has 2 N–H and O–H groups in total. The van der Waals surface area contributed by atoms with Crippen molar-refractivity contribution in [2.75, 3.05) is 19.8 Å². The van der Waals surface area contributed by atoms with Crippen LogP contribution in [0.15, 0.2) is 58.8 Å². The van der Waals surface area contributed by atoms with Gasteiger partial charge in [0, 0.05) is 0 Å². The van der Waals surface area contributed by atoms with Gasteiger partial charge in [-0.1, -0.05) is 64.7 Å². The molecule has 0 amide bonds. The average Bonchev–Trinajstić information content (AvgIpc) is 2.86. The number of azo groups is 1. The minimum Gasteiger partial charge on any atom is -0.494 e. The maximum absolute atomic E-state index is 9.31. The van der Waals surface area contributed by atoms with Gasteiger partial charge in [-0.25, -0.2) is 0 Å². The van der Waals surface area contributed by atoms with Crippen LogP contribution in [0.3, 0.4) is 0 Å². The normalized spacial score (nSPS) is 12.2. The number of benzene rings is 2. The number of hydrogen-bond donors (Lipinski definition) is 2. The van der Waals surface area contributed by atoms with E-state index in [-0.39, 0.29) is 13.2 Å². The lowest BCUT2D eigenvalue weighted by Crippen LogP contribution is -2.21. The van der Waals surface area contributed by atoms with Gasteiger partial charge in [-0.15, -0.1) is 0 Å². The van der Waals surface area contributed by atoms with Crippen molar-refractivity contribution in [3.8, 4) is 11.5 Å². The summed E-state index contributed by atoms with van der Waals surface area (Å²) in [6.07, 6.45) is 12.3. The standard InChI is InChI=1S/C27H40N2O4/c1-2-3-4-5-6-7-8-9-10-11-20-32-26-16-12-23(13-17-26)28-29-24-14-18-27(19-15-24)33-22-25(31)21-30/h12-19,25,30-31H,2-11,20-22H2,1H3. The molecule has 0 fully saturated rings. The second-order valence-electron chi connectivity index (χ2n) is 8.37. The summed E-state index contributed by atoms with van der Waals surface area (Å²) in [6.45, 7) is 2.74. The fourth-order valence-electron chi connectivity index (χ4n) is 3.36. The van der Waals surface area contributed by atoms with Crippen LogP contribution < -0.4 is 9.47 Å². The molecule has 1 unspecified atom stereocenters. The summed E-state index contributed by atoms with van der Waals surface area (Å²) >= 11 is 0. The lowest BCUT2D eigenvalue weighted by molar-refractivity contribution is 0.0536. The zero-order valence-corrected chi connectivity index (χ0v) is 20.0. The summed E-state index contributed by atoms with van der Waals surface area (Å²) in [5.74, 6) is 1.46. The molecular weight excluding hydrogens is 416 g/mol. The van der Waals surface area contributed by atoms with E-state index in [0.29, 0.717) is 11.4 Å². The summed E-state index contributed by atoms with van der Waals surface area (Å²) < 4.78 is 11.2. The molecule has 6 heteroatoms. The largest absolute Gasteiger partial charge is 0.494 e. The third-order valence-electron chi connectivity index (χ3n) is 5.37. The molecule has 182 valence electrons. The Morgan fingerprint density at radius 1 is 0.667 bits per heavy atom. The van der Waals surface area contributed by atoms with E-state index in [1.165, 1.54) is 57.8 Å². The molecule has 0 spiro atoms. The van der Waals surface area contributed by atoms with Gasteiger partial charge in [-0.2, -0.15) is 10.2 Å². The number of aliphatic hydroxyl groups excluding tert-OH is 2. The number of hydrogen-bond acceptors (Lipinski definition) is 6. The summed E-state index contributed by atoms with van der Waals surface area (Å²) in [4.78, 5) is 0. The van der Waals surface area contributed by atoms with E-state index >= 15 is 0 Å². The topological polar surface area (TPSA) is 83.6 Å². The molecule has 2 aromatic rings. The van der Waals surface area contributed by atoms with Gasteiger partial charge in [0.1, 0.15) is 24.2 Å². The average molecular weight is 457 g/mol. The second kappa shape index (κ2) is 17.1. The smallest absolute Gasteiger partial charge is 0.119 e. The van der Waals surface area contributed by atoms with Crippen molar-refractivity contribution < 1.29 is 19.7 Å². The molecule has 0 aromatic heterocycles. The zero-order chi connectivity index (χ0) is 23.6. The van der Waals surface area contributed by atoms with Crippen molar-refractivity contribution in [3.63, 3.8) is 0 Å². The van der Waals surface area contributed by atoms with Crippen molar-refractivity contribution >= 4 is 11.4 Å². The maximum atomic E-state index is 9.31. The van der Waals surface area contributed by atoms with E-state index in [0.717, 1.165) is 24.5 Å². The SMILES string of the molecule is CCCCCCCCCCCCOc1ccc(N=Nc2ccc(OCC(O)CO)cc2)cc1. The highest BCUT2D eigenvalue weighted by Gasteiger charge is 2.03. The summed E-state index contributed by atoms with van der Waals surface area (Å²) in [7, 11) is 0. The Labute approximate surface area is 198 Å². The van der Waals surface area contributed by atoms with Crippen molar-refractivity contribution in [2.45, 2.75) is 77.2 Å². The molecule has 33 heavy (non-hydrogen) atoms.